The van der Waals surface area contributed by atoms with E-state index < -0.39 is 0 Å². The summed E-state index contributed by atoms with van der Waals surface area (Å²) >= 11 is 0. The summed E-state index contributed by atoms with van der Waals surface area (Å²) in [7, 11) is 0. The quantitative estimate of drug-likeness (QED) is 0.745. The second-order valence-electron chi connectivity index (χ2n) is 5.97. The summed E-state index contributed by atoms with van der Waals surface area (Å²) in [5, 5.41) is 0. The first kappa shape index (κ1) is 13.5. The van der Waals surface area contributed by atoms with Crippen LogP contribution in [0.1, 0.15) is 40.5 Å². The van der Waals surface area contributed by atoms with Crippen molar-refractivity contribution in [2.75, 3.05) is 6.54 Å². The van der Waals surface area contributed by atoms with Crippen LogP contribution in [-0.4, -0.2) is 35.5 Å². The molecule has 0 aromatic heterocycles. The molecule has 0 aromatic rings. The first-order valence-corrected chi connectivity index (χ1v) is 6.06. The van der Waals surface area contributed by atoms with Crippen LogP contribution in [0.5, 0.6) is 0 Å². The van der Waals surface area contributed by atoms with Crippen molar-refractivity contribution in [3.05, 3.63) is 0 Å². The first-order valence-electron chi connectivity index (χ1n) is 6.06. The molecule has 1 rings (SSSR count). The third-order valence-electron chi connectivity index (χ3n) is 3.37. The zero-order valence-electron chi connectivity index (χ0n) is 10.9. The largest absolute Gasteiger partial charge is 0.368 e. The van der Waals surface area contributed by atoms with Gasteiger partial charge >= 0.3 is 0 Å². The number of primary amides is 1. The zero-order valence-corrected chi connectivity index (χ0v) is 10.9. The van der Waals surface area contributed by atoms with Gasteiger partial charge in [0.25, 0.3) is 0 Å². The molecule has 94 valence electrons. The van der Waals surface area contributed by atoms with E-state index in [1.54, 1.807) is 0 Å². The molecule has 0 aliphatic carbocycles. The van der Waals surface area contributed by atoms with Gasteiger partial charge in [-0.25, -0.2) is 0 Å². The highest BCUT2D eigenvalue weighted by Gasteiger charge is 2.40. The van der Waals surface area contributed by atoms with E-state index in [1.807, 2.05) is 6.92 Å². The third kappa shape index (κ3) is 2.74. The number of amides is 1. The van der Waals surface area contributed by atoms with Crippen molar-refractivity contribution in [2.24, 2.45) is 16.9 Å². The van der Waals surface area contributed by atoms with E-state index in [0.717, 1.165) is 19.4 Å². The Morgan fingerprint density at radius 2 is 2.00 bits per heavy atom. The van der Waals surface area contributed by atoms with Crippen molar-refractivity contribution < 1.29 is 4.79 Å². The van der Waals surface area contributed by atoms with Crippen molar-refractivity contribution in [3.63, 3.8) is 0 Å². The maximum absolute atomic E-state index is 11.4. The van der Waals surface area contributed by atoms with Crippen LogP contribution in [0.15, 0.2) is 0 Å². The summed E-state index contributed by atoms with van der Waals surface area (Å²) in [5.41, 5.74) is 11.6. The van der Waals surface area contributed by atoms with E-state index >= 15 is 0 Å². The number of nitrogens with two attached hydrogens (primary N) is 2. The molecule has 1 aliphatic heterocycles. The zero-order chi connectivity index (χ0) is 12.5. The molecule has 0 bridgehead atoms. The highest BCUT2D eigenvalue weighted by Crippen LogP contribution is 2.32. The van der Waals surface area contributed by atoms with Gasteiger partial charge in [0.2, 0.25) is 5.91 Å². The fourth-order valence-electron chi connectivity index (χ4n) is 3.02. The number of nitrogens with zero attached hydrogens (tertiary/aromatic N) is 1. The van der Waals surface area contributed by atoms with E-state index in [2.05, 4.69) is 25.7 Å². The van der Waals surface area contributed by atoms with Gasteiger partial charge in [0.15, 0.2) is 0 Å². The average molecular weight is 227 g/mol. The molecule has 1 heterocycles. The number of hydrogen-bond donors (Lipinski definition) is 2. The van der Waals surface area contributed by atoms with Crippen molar-refractivity contribution in [2.45, 2.75) is 58.7 Å². The monoisotopic (exact) mass is 227 g/mol. The molecule has 0 aromatic carbocycles. The average Bonchev–Trinajstić information content (AvgIpc) is 2.48. The van der Waals surface area contributed by atoms with E-state index in [-0.39, 0.29) is 29.4 Å². The van der Waals surface area contributed by atoms with Crippen LogP contribution < -0.4 is 11.5 Å². The Labute approximate surface area is 98.3 Å². The summed E-state index contributed by atoms with van der Waals surface area (Å²) in [4.78, 5) is 13.6. The Morgan fingerprint density at radius 1 is 1.44 bits per heavy atom. The second-order valence-corrected chi connectivity index (χ2v) is 5.97. The van der Waals surface area contributed by atoms with E-state index in [0.29, 0.717) is 0 Å². The highest BCUT2D eigenvalue weighted by atomic mass is 16.1. The third-order valence-corrected chi connectivity index (χ3v) is 3.37. The lowest BCUT2D eigenvalue weighted by Gasteiger charge is -2.42. The molecule has 1 fully saturated rings. The molecule has 3 unspecified atom stereocenters. The minimum atomic E-state index is -0.215. The molecule has 0 radical (unpaired) electrons. The maximum Gasteiger partial charge on any atom is 0.234 e. The Kier molecular flexibility index (Phi) is 3.97. The van der Waals surface area contributed by atoms with Gasteiger partial charge in [0.05, 0.1) is 6.04 Å². The van der Waals surface area contributed by atoms with Crippen molar-refractivity contribution in [1.82, 2.24) is 4.90 Å². The number of rotatable bonds is 3. The minimum Gasteiger partial charge on any atom is -0.368 e. The van der Waals surface area contributed by atoms with Crippen LogP contribution in [0, 0.1) is 5.41 Å². The van der Waals surface area contributed by atoms with Crippen molar-refractivity contribution >= 4 is 5.91 Å². The summed E-state index contributed by atoms with van der Waals surface area (Å²) in [6, 6.07) is 0.114. The number of carbonyl (C=O) groups is 1. The SMILES string of the molecule is CC(N)C(N1CCCC1C(N)=O)C(C)(C)C. The molecule has 3 atom stereocenters. The molecule has 4 N–H and O–H groups in total. The Balaban J connectivity index is 2.90. The van der Waals surface area contributed by atoms with Crippen LogP contribution >= 0.6 is 0 Å². The van der Waals surface area contributed by atoms with Gasteiger partial charge in [-0.05, 0) is 31.7 Å². The normalized spacial score (nSPS) is 26.7. The minimum absolute atomic E-state index is 0.0416. The first-order chi connectivity index (χ1) is 7.25. The van der Waals surface area contributed by atoms with Gasteiger partial charge in [-0.3, -0.25) is 9.69 Å². The molecule has 1 saturated heterocycles. The summed E-state index contributed by atoms with van der Waals surface area (Å²) in [5.74, 6) is -0.215. The molecule has 16 heavy (non-hydrogen) atoms. The predicted octanol–water partition coefficient (Wildman–Crippen LogP) is 0.698. The molecule has 0 spiro atoms. The van der Waals surface area contributed by atoms with Crippen molar-refractivity contribution in [1.29, 1.82) is 0 Å². The fraction of sp³-hybridized carbons (Fsp3) is 0.917. The van der Waals surface area contributed by atoms with Crippen LogP contribution in [-0.2, 0) is 4.79 Å². The fourth-order valence-corrected chi connectivity index (χ4v) is 3.02. The molecule has 4 heteroatoms. The molecular formula is C12H25N3O. The van der Waals surface area contributed by atoms with E-state index in [9.17, 15) is 4.79 Å². The number of hydrogen-bond acceptors (Lipinski definition) is 3. The molecule has 0 saturated carbocycles. The summed E-state index contributed by atoms with van der Waals surface area (Å²) in [6.07, 6.45) is 1.90. The van der Waals surface area contributed by atoms with Crippen LogP contribution in [0.25, 0.3) is 0 Å². The topological polar surface area (TPSA) is 72.3 Å². The highest BCUT2D eigenvalue weighted by molar-refractivity contribution is 5.80. The number of likely N-dealkylation sites (tertiary alicyclic amines) is 1. The predicted molar refractivity (Wildman–Crippen MR) is 65.8 cm³/mol. The molecule has 1 amide bonds. The van der Waals surface area contributed by atoms with Crippen LogP contribution in [0.4, 0.5) is 0 Å². The van der Waals surface area contributed by atoms with Gasteiger partial charge in [-0.2, -0.15) is 0 Å². The van der Waals surface area contributed by atoms with Gasteiger partial charge in [0.1, 0.15) is 0 Å². The summed E-state index contributed by atoms with van der Waals surface area (Å²) < 4.78 is 0. The maximum atomic E-state index is 11.4. The number of carbonyl (C=O) groups excluding carboxylic acids is 1. The lowest BCUT2D eigenvalue weighted by molar-refractivity contribution is -0.123. The lowest BCUT2D eigenvalue weighted by atomic mass is 9.81. The van der Waals surface area contributed by atoms with Crippen LogP contribution in [0.2, 0.25) is 0 Å². The molecular weight excluding hydrogens is 202 g/mol. The Bertz CT molecular complexity index is 257. The smallest absolute Gasteiger partial charge is 0.234 e. The molecule has 4 nitrogen and oxygen atoms in total. The Morgan fingerprint density at radius 3 is 2.38 bits per heavy atom. The van der Waals surface area contributed by atoms with Gasteiger partial charge in [-0.15, -0.1) is 0 Å². The van der Waals surface area contributed by atoms with E-state index in [1.165, 1.54) is 0 Å². The van der Waals surface area contributed by atoms with Gasteiger partial charge < -0.3 is 11.5 Å². The van der Waals surface area contributed by atoms with Gasteiger partial charge in [-0.1, -0.05) is 20.8 Å². The Hall–Kier alpha value is -0.610. The summed E-state index contributed by atoms with van der Waals surface area (Å²) in [6.45, 7) is 9.43. The molecule has 1 aliphatic rings. The van der Waals surface area contributed by atoms with E-state index in [4.69, 9.17) is 11.5 Å². The standard InChI is InChI=1S/C12H25N3O/c1-8(13)10(12(2,3)4)15-7-5-6-9(15)11(14)16/h8-10H,5-7,13H2,1-4H3,(H2,14,16). The van der Waals surface area contributed by atoms with Crippen molar-refractivity contribution in [3.8, 4) is 0 Å². The van der Waals surface area contributed by atoms with Crippen LogP contribution in [0.3, 0.4) is 0 Å². The van der Waals surface area contributed by atoms with Gasteiger partial charge in [0, 0.05) is 12.1 Å². The lowest BCUT2D eigenvalue weighted by Crippen LogP contribution is -2.57. The second kappa shape index (κ2) is 4.72.